The third-order valence-corrected chi connectivity index (χ3v) is 5.66. The molecule has 4 atom stereocenters. The summed E-state index contributed by atoms with van der Waals surface area (Å²) in [6.45, 7) is 10.4. The molecule has 0 radical (unpaired) electrons. The van der Waals surface area contributed by atoms with Gasteiger partial charge in [-0.3, -0.25) is 24.2 Å². The molecule has 1 fully saturated rings. The topological polar surface area (TPSA) is 137 Å². The average molecular weight is 495 g/mol. The van der Waals surface area contributed by atoms with Crippen LogP contribution < -0.4 is 16.1 Å². The molecule has 0 spiro atoms. The van der Waals surface area contributed by atoms with E-state index in [-0.39, 0.29) is 17.7 Å². The third-order valence-electron chi connectivity index (χ3n) is 5.66. The van der Waals surface area contributed by atoms with E-state index in [4.69, 9.17) is 4.74 Å². The van der Waals surface area contributed by atoms with Gasteiger partial charge < -0.3 is 20.5 Å². The zero-order chi connectivity index (χ0) is 26.4. The summed E-state index contributed by atoms with van der Waals surface area (Å²) in [7, 11) is 0. The lowest BCUT2D eigenvalue weighted by Crippen LogP contribution is -2.60. The van der Waals surface area contributed by atoms with Crippen LogP contribution in [0.1, 0.15) is 60.3 Å². The van der Waals surface area contributed by atoms with Gasteiger partial charge >= 0.3 is 5.97 Å². The van der Waals surface area contributed by atoms with Gasteiger partial charge in [-0.05, 0) is 38.5 Å². The molecule has 0 saturated carbocycles. The molecule has 0 aliphatic carbocycles. The number of carboxylic acid groups (broad SMARTS) is 1. The molecule has 3 amide bonds. The SMILES string of the molecule is CC/C=C/COC/C=C/CC(C)C(=O)NC(C(=O)NC(C)C(=O)N1CCCC(C(=O)O)N1)C(C)C. The molecule has 1 saturated heterocycles. The Hall–Kier alpha value is -2.72. The third kappa shape index (κ3) is 11.0. The van der Waals surface area contributed by atoms with Crippen molar-refractivity contribution in [3.8, 4) is 0 Å². The molecule has 35 heavy (non-hydrogen) atoms. The normalized spacial score (nSPS) is 19.0. The first-order chi connectivity index (χ1) is 16.6. The maximum absolute atomic E-state index is 12.9. The summed E-state index contributed by atoms with van der Waals surface area (Å²) < 4.78 is 5.43. The number of allylic oxidation sites excluding steroid dienone is 2. The summed E-state index contributed by atoms with van der Waals surface area (Å²) in [6, 6.07) is -2.52. The molecule has 4 unspecified atom stereocenters. The van der Waals surface area contributed by atoms with Gasteiger partial charge in [0, 0.05) is 12.5 Å². The summed E-state index contributed by atoms with van der Waals surface area (Å²) in [5.74, 6) is -2.71. The van der Waals surface area contributed by atoms with Crippen molar-refractivity contribution in [3.63, 3.8) is 0 Å². The van der Waals surface area contributed by atoms with Crippen LogP contribution in [0.2, 0.25) is 0 Å². The summed E-state index contributed by atoms with van der Waals surface area (Å²) in [5.41, 5.74) is 2.69. The zero-order valence-corrected chi connectivity index (χ0v) is 21.6. The monoisotopic (exact) mass is 494 g/mol. The highest BCUT2D eigenvalue weighted by atomic mass is 16.5. The van der Waals surface area contributed by atoms with Crippen LogP contribution in [-0.4, -0.2) is 71.7 Å². The number of nitrogens with zero attached hydrogens (tertiary/aromatic N) is 1. The van der Waals surface area contributed by atoms with Gasteiger partial charge in [-0.25, -0.2) is 5.43 Å². The fourth-order valence-electron chi connectivity index (χ4n) is 3.47. The van der Waals surface area contributed by atoms with Crippen molar-refractivity contribution in [2.45, 2.75) is 78.4 Å². The number of aliphatic carboxylic acids is 1. The molecule has 198 valence electrons. The Balaban J connectivity index is 2.56. The summed E-state index contributed by atoms with van der Waals surface area (Å²) >= 11 is 0. The minimum Gasteiger partial charge on any atom is -0.480 e. The van der Waals surface area contributed by atoms with E-state index in [0.29, 0.717) is 39.0 Å². The Bertz CT molecular complexity index is 767. The van der Waals surface area contributed by atoms with Gasteiger partial charge in [0.15, 0.2) is 0 Å². The molecule has 1 aliphatic heterocycles. The van der Waals surface area contributed by atoms with Gasteiger partial charge in [0.1, 0.15) is 18.1 Å². The Morgan fingerprint density at radius 3 is 2.29 bits per heavy atom. The lowest BCUT2D eigenvalue weighted by Gasteiger charge is -2.34. The second kappa shape index (κ2) is 16.0. The second-order valence-electron chi connectivity index (χ2n) is 9.14. The highest BCUT2D eigenvalue weighted by Gasteiger charge is 2.32. The van der Waals surface area contributed by atoms with Crippen molar-refractivity contribution in [1.82, 2.24) is 21.1 Å². The van der Waals surface area contributed by atoms with E-state index < -0.39 is 35.9 Å². The number of carbonyl (C=O) groups excluding carboxylic acids is 3. The van der Waals surface area contributed by atoms with Crippen molar-refractivity contribution in [2.75, 3.05) is 19.8 Å². The zero-order valence-electron chi connectivity index (χ0n) is 21.6. The number of hydrogen-bond donors (Lipinski definition) is 4. The van der Waals surface area contributed by atoms with Crippen molar-refractivity contribution in [1.29, 1.82) is 0 Å². The van der Waals surface area contributed by atoms with Crippen LogP contribution in [0.3, 0.4) is 0 Å². The molecule has 0 aromatic carbocycles. The van der Waals surface area contributed by atoms with Gasteiger partial charge in [0.25, 0.3) is 5.91 Å². The van der Waals surface area contributed by atoms with E-state index in [1.165, 1.54) is 5.01 Å². The smallest absolute Gasteiger partial charge is 0.322 e. The van der Waals surface area contributed by atoms with E-state index in [1.807, 2.05) is 38.2 Å². The number of hydrogen-bond acceptors (Lipinski definition) is 6. The van der Waals surface area contributed by atoms with Crippen LogP contribution in [0.15, 0.2) is 24.3 Å². The summed E-state index contributed by atoms with van der Waals surface area (Å²) in [5, 5.41) is 15.9. The average Bonchev–Trinajstić information content (AvgIpc) is 2.82. The van der Waals surface area contributed by atoms with Crippen molar-refractivity contribution in [3.05, 3.63) is 24.3 Å². The number of amides is 3. The van der Waals surface area contributed by atoms with Gasteiger partial charge in [0.05, 0.1) is 13.2 Å². The van der Waals surface area contributed by atoms with Crippen LogP contribution in [0, 0.1) is 11.8 Å². The van der Waals surface area contributed by atoms with E-state index >= 15 is 0 Å². The molecule has 0 aromatic heterocycles. The molecule has 1 heterocycles. The van der Waals surface area contributed by atoms with Gasteiger partial charge in [-0.1, -0.05) is 52.0 Å². The van der Waals surface area contributed by atoms with E-state index in [2.05, 4.69) is 23.0 Å². The number of hydrazine groups is 1. The quantitative estimate of drug-likeness (QED) is 0.213. The minimum absolute atomic E-state index is 0.196. The fourth-order valence-corrected chi connectivity index (χ4v) is 3.47. The number of nitrogens with one attached hydrogen (secondary N) is 3. The van der Waals surface area contributed by atoms with E-state index in [9.17, 15) is 24.3 Å². The van der Waals surface area contributed by atoms with Gasteiger partial charge in [0.2, 0.25) is 11.8 Å². The molecule has 1 rings (SSSR count). The summed E-state index contributed by atoms with van der Waals surface area (Å²) in [4.78, 5) is 49.5. The molecule has 10 heteroatoms. The van der Waals surface area contributed by atoms with Gasteiger partial charge in [-0.15, -0.1) is 0 Å². The van der Waals surface area contributed by atoms with E-state index in [1.54, 1.807) is 13.8 Å². The molecule has 1 aliphatic rings. The number of carbonyl (C=O) groups is 4. The van der Waals surface area contributed by atoms with E-state index in [0.717, 1.165) is 6.42 Å². The number of rotatable bonds is 14. The van der Waals surface area contributed by atoms with Crippen LogP contribution in [-0.2, 0) is 23.9 Å². The molecule has 10 nitrogen and oxygen atoms in total. The predicted molar refractivity (Wildman–Crippen MR) is 133 cm³/mol. The number of ether oxygens (including phenoxy) is 1. The van der Waals surface area contributed by atoms with Crippen LogP contribution >= 0.6 is 0 Å². The Morgan fingerprint density at radius 1 is 1.03 bits per heavy atom. The van der Waals surface area contributed by atoms with Crippen molar-refractivity contribution < 1.29 is 29.0 Å². The second-order valence-corrected chi connectivity index (χ2v) is 9.14. The number of carboxylic acids is 1. The lowest BCUT2D eigenvalue weighted by atomic mass is 10.0. The highest BCUT2D eigenvalue weighted by Crippen LogP contribution is 2.11. The molecule has 0 aromatic rings. The highest BCUT2D eigenvalue weighted by molar-refractivity contribution is 5.92. The first kappa shape index (κ1) is 30.3. The standard InChI is InChI=1S/C25H42N4O6/c1-6-7-9-15-35-16-10-8-12-18(4)22(30)27-21(17(2)3)23(31)26-19(5)24(32)29-14-11-13-20(28-29)25(33)34/h7-10,17-21,28H,6,11-16H2,1-5H3,(H,26,31)(H,27,30)(H,33,34)/b9-7+,10-8+. The molecular weight excluding hydrogens is 452 g/mol. The van der Waals surface area contributed by atoms with Crippen LogP contribution in [0.4, 0.5) is 0 Å². The van der Waals surface area contributed by atoms with Crippen molar-refractivity contribution in [2.24, 2.45) is 11.8 Å². The Kier molecular flexibility index (Phi) is 13.9. The van der Waals surface area contributed by atoms with Crippen LogP contribution in [0.5, 0.6) is 0 Å². The predicted octanol–water partition coefficient (Wildman–Crippen LogP) is 1.78. The lowest BCUT2D eigenvalue weighted by molar-refractivity contribution is -0.148. The maximum atomic E-state index is 12.9. The first-order valence-corrected chi connectivity index (χ1v) is 12.4. The Labute approximate surface area is 208 Å². The first-order valence-electron chi connectivity index (χ1n) is 12.4. The molecular formula is C25H42N4O6. The minimum atomic E-state index is -1.03. The van der Waals surface area contributed by atoms with Crippen LogP contribution in [0.25, 0.3) is 0 Å². The van der Waals surface area contributed by atoms with Crippen molar-refractivity contribution >= 4 is 23.7 Å². The maximum Gasteiger partial charge on any atom is 0.322 e. The molecule has 4 N–H and O–H groups in total. The fraction of sp³-hybridized carbons (Fsp3) is 0.680. The summed E-state index contributed by atoms with van der Waals surface area (Å²) in [6.07, 6.45) is 10.2. The van der Waals surface area contributed by atoms with Gasteiger partial charge in [-0.2, -0.15) is 0 Å². The molecule has 0 bridgehead atoms. The Morgan fingerprint density at radius 2 is 1.69 bits per heavy atom. The largest absolute Gasteiger partial charge is 0.480 e.